The highest BCUT2D eigenvalue weighted by Gasteiger charge is 2.39. The molecule has 1 aliphatic rings. The van der Waals surface area contributed by atoms with Crippen LogP contribution >= 0.6 is 11.8 Å². The predicted octanol–water partition coefficient (Wildman–Crippen LogP) is 1.60. The SMILES string of the molecule is C=C(NC(=O)NC)SC1=C(N)CCN(c2nnc(C(F)(F)F)o2)C1. The Kier molecular flexibility index (Phi) is 5.26. The molecule has 4 N–H and O–H groups in total. The normalized spacial score (nSPS) is 15.4. The topological polar surface area (TPSA) is 109 Å². The van der Waals surface area contributed by atoms with Crippen LogP contribution in [0.1, 0.15) is 12.3 Å². The lowest BCUT2D eigenvalue weighted by Crippen LogP contribution is -2.34. The summed E-state index contributed by atoms with van der Waals surface area (Å²) in [4.78, 5) is 13.3. The van der Waals surface area contributed by atoms with Crippen molar-refractivity contribution < 1.29 is 22.4 Å². The molecular formula is C12H15F3N6O2S. The van der Waals surface area contributed by atoms with Gasteiger partial charge in [0.15, 0.2) is 0 Å². The number of carbonyl (C=O) groups is 1. The van der Waals surface area contributed by atoms with E-state index in [-0.39, 0.29) is 12.6 Å². The van der Waals surface area contributed by atoms with E-state index in [1.54, 1.807) is 0 Å². The Morgan fingerprint density at radius 3 is 2.75 bits per heavy atom. The molecule has 0 aromatic carbocycles. The number of rotatable bonds is 4. The number of hydrogen-bond donors (Lipinski definition) is 3. The molecule has 0 bridgehead atoms. The van der Waals surface area contributed by atoms with E-state index in [4.69, 9.17) is 5.73 Å². The van der Waals surface area contributed by atoms with Crippen LogP contribution in [0.15, 0.2) is 26.6 Å². The van der Waals surface area contributed by atoms with E-state index >= 15 is 0 Å². The molecule has 0 radical (unpaired) electrons. The number of anilines is 1. The van der Waals surface area contributed by atoms with Crippen molar-refractivity contribution in [2.75, 3.05) is 25.0 Å². The Hall–Kier alpha value is -2.37. The minimum atomic E-state index is -4.70. The molecular weight excluding hydrogens is 349 g/mol. The minimum Gasteiger partial charge on any atom is -0.401 e. The van der Waals surface area contributed by atoms with Crippen LogP contribution in [0.2, 0.25) is 0 Å². The number of urea groups is 1. The van der Waals surface area contributed by atoms with Crippen LogP contribution in [0.4, 0.5) is 24.0 Å². The summed E-state index contributed by atoms with van der Waals surface area (Å²) < 4.78 is 42.2. The van der Waals surface area contributed by atoms with Crippen LogP contribution in [-0.2, 0) is 6.18 Å². The fraction of sp³-hybridized carbons (Fsp3) is 0.417. The van der Waals surface area contributed by atoms with Crippen molar-refractivity contribution in [1.29, 1.82) is 0 Å². The van der Waals surface area contributed by atoms with Crippen molar-refractivity contribution in [3.05, 3.63) is 28.1 Å². The Bertz CT molecular complexity index is 672. The summed E-state index contributed by atoms with van der Waals surface area (Å²) in [7, 11) is 1.46. The largest absolute Gasteiger partial charge is 0.470 e. The molecule has 2 amide bonds. The van der Waals surface area contributed by atoms with Crippen LogP contribution in [0.3, 0.4) is 0 Å². The molecule has 0 fully saturated rings. The van der Waals surface area contributed by atoms with Gasteiger partial charge in [0.25, 0.3) is 0 Å². The van der Waals surface area contributed by atoms with Crippen molar-refractivity contribution in [1.82, 2.24) is 20.8 Å². The fourth-order valence-corrected chi connectivity index (χ4v) is 2.73. The maximum atomic E-state index is 12.5. The van der Waals surface area contributed by atoms with Crippen LogP contribution in [0.25, 0.3) is 0 Å². The van der Waals surface area contributed by atoms with Gasteiger partial charge >= 0.3 is 24.1 Å². The number of halogens is 3. The minimum absolute atomic E-state index is 0.171. The Morgan fingerprint density at radius 2 is 2.17 bits per heavy atom. The zero-order valence-corrected chi connectivity index (χ0v) is 13.4. The third-order valence-corrected chi connectivity index (χ3v) is 3.98. The van der Waals surface area contributed by atoms with E-state index in [1.807, 2.05) is 0 Å². The summed E-state index contributed by atoms with van der Waals surface area (Å²) in [6.07, 6.45) is -4.29. The lowest BCUT2D eigenvalue weighted by molar-refractivity contribution is -0.157. The van der Waals surface area contributed by atoms with Gasteiger partial charge in [0.05, 0.1) is 11.6 Å². The molecule has 0 unspecified atom stereocenters. The van der Waals surface area contributed by atoms with Crippen molar-refractivity contribution in [3.63, 3.8) is 0 Å². The second-order valence-corrected chi connectivity index (χ2v) is 5.93. The summed E-state index contributed by atoms with van der Waals surface area (Å²) in [5.74, 6) is -1.40. The van der Waals surface area contributed by atoms with E-state index in [0.717, 1.165) is 11.8 Å². The fourth-order valence-electron chi connectivity index (χ4n) is 1.83. The van der Waals surface area contributed by atoms with Gasteiger partial charge in [-0.25, -0.2) is 4.79 Å². The summed E-state index contributed by atoms with van der Waals surface area (Å²) in [5, 5.41) is 11.6. The molecule has 0 spiro atoms. The third kappa shape index (κ3) is 4.34. The van der Waals surface area contributed by atoms with Crippen LogP contribution in [-0.4, -0.2) is 36.4 Å². The molecule has 1 aliphatic heterocycles. The zero-order valence-electron chi connectivity index (χ0n) is 12.6. The van der Waals surface area contributed by atoms with Gasteiger partial charge in [-0.3, -0.25) is 0 Å². The van der Waals surface area contributed by atoms with Gasteiger partial charge in [-0.05, 0) is 0 Å². The number of nitrogens with one attached hydrogen (secondary N) is 2. The first kappa shape index (κ1) is 18.0. The van der Waals surface area contributed by atoms with Gasteiger partial charge < -0.3 is 25.7 Å². The molecule has 0 atom stereocenters. The molecule has 0 aliphatic carbocycles. The van der Waals surface area contributed by atoms with Gasteiger partial charge in [0.2, 0.25) is 0 Å². The van der Waals surface area contributed by atoms with Crippen LogP contribution in [0, 0.1) is 0 Å². The Morgan fingerprint density at radius 1 is 1.46 bits per heavy atom. The van der Waals surface area contributed by atoms with Crippen LogP contribution < -0.4 is 21.3 Å². The van der Waals surface area contributed by atoms with E-state index in [9.17, 15) is 18.0 Å². The third-order valence-electron chi connectivity index (χ3n) is 3.00. The monoisotopic (exact) mass is 364 g/mol. The molecule has 0 saturated carbocycles. The van der Waals surface area contributed by atoms with Crippen molar-refractivity contribution >= 4 is 23.8 Å². The second-order valence-electron chi connectivity index (χ2n) is 4.74. The van der Waals surface area contributed by atoms with Gasteiger partial charge in [0.1, 0.15) is 0 Å². The van der Waals surface area contributed by atoms with E-state index < -0.39 is 18.1 Å². The lowest BCUT2D eigenvalue weighted by atomic mass is 10.2. The number of hydrogen-bond acceptors (Lipinski definition) is 7. The molecule has 132 valence electrons. The summed E-state index contributed by atoms with van der Waals surface area (Å²) in [6, 6.07) is -0.677. The summed E-state index contributed by atoms with van der Waals surface area (Å²) in [5.41, 5.74) is 6.48. The maximum absolute atomic E-state index is 12.5. The first-order valence-corrected chi connectivity index (χ1v) is 7.51. The van der Waals surface area contributed by atoms with Gasteiger partial charge in [-0.1, -0.05) is 23.4 Å². The summed E-state index contributed by atoms with van der Waals surface area (Å²) >= 11 is 1.12. The molecule has 1 aromatic heterocycles. The van der Waals surface area contributed by atoms with E-state index in [2.05, 4.69) is 31.8 Å². The predicted molar refractivity (Wildman–Crippen MR) is 81.7 cm³/mol. The molecule has 2 rings (SSSR count). The Labute approximate surface area is 139 Å². The number of amides is 2. The number of alkyl halides is 3. The first-order chi connectivity index (χ1) is 11.2. The number of aromatic nitrogens is 2. The lowest BCUT2D eigenvalue weighted by Gasteiger charge is -2.27. The average molecular weight is 364 g/mol. The molecule has 12 heteroatoms. The highest BCUT2D eigenvalue weighted by atomic mass is 32.2. The number of nitrogens with zero attached hydrogens (tertiary/aromatic N) is 3. The number of thioether (sulfide) groups is 1. The zero-order chi connectivity index (χ0) is 17.9. The highest BCUT2D eigenvalue weighted by molar-refractivity contribution is 8.06. The molecule has 2 heterocycles. The smallest absolute Gasteiger partial charge is 0.401 e. The maximum Gasteiger partial charge on any atom is 0.470 e. The Balaban J connectivity index is 2.06. The van der Waals surface area contributed by atoms with Crippen molar-refractivity contribution in [3.8, 4) is 0 Å². The molecule has 1 aromatic rings. The second kappa shape index (κ2) is 7.03. The summed E-state index contributed by atoms with van der Waals surface area (Å²) in [6.45, 7) is 4.20. The standard InChI is InChI=1S/C12H15F3N6O2S/c1-6(18-10(22)17-2)24-8-5-21(4-3-7(8)16)11-20-19-9(23-11)12(13,14)15/h1,3-5,16H2,2H3,(H2,17,18,22). The van der Waals surface area contributed by atoms with Gasteiger partial charge in [-0.15, -0.1) is 5.10 Å². The first-order valence-electron chi connectivity index (χ1n) is 6.69. The van der Waals surface area contributed by atoms with Crippen LogP contribution in [0.5, 0.6) is 0 Å². The van der Waals surface area contributed by atoms with Gasteiger partial charge in [0, 0.05) is 30.6 Å². The molecule has 0 saturated heterocycles. The number of nitrogens with two attached hydrogens (primary N) is 1. The number of carbonyl (C=O) groups excluding carboxylic acids is 1. The van der Waals surface area contributed by atoms with Crippen molar-refractivity contribution in [2.24, 2.45) is 5.73 Å². The van der Waals surface area contributed by atoms with Gasteiger partial charge in [-0.2, -0.15) is 13.2 Å². The van der Waals surface area contributed by atoms with E-state index in [0.29, 0.717) is 28.6 Å². The van der Waals surface area contributed by atoms with E-state index in [1.165, 1.54) is 11.9 Å². The average Bonchev–Trinajstić information content (AvgIpc) is 2.99. The van der Waals surface area contributed by atoms with Crippen molar-refractivity contribution in [2.45, 2.75) is 12.6 Å². The molecule has 8 nitrogen and oxygen atoms in total. The highest BCUT2D eigenvalue weighted by Crippen LogP contribution is 2.33. The molecule has 24 heavy (non-hydrogen) atoms. The quantitative estimate of drug-likeness (QED) is 0.744.